The third-order valence-electron chi connectivity index (χ3n) is 5.02. The van der Waals surface area contributed by atoms with Crippen molar-refractivity contribution in [3.8, 4) is 0 Å². The van der Waals surface area contributed by atoms with Crippen molar-refractivity contribution in [1.82, 2.24) is 20.8 Å². The van der Waals surface area contributed by atoms with Crippen LogP contribution in [0.3, 0.4) is 0 Å². The Morgan fingerprint density at radius 1 is 1.05 bits per heavy atom. The SMILES string of the molecule is CC(=O)N[C@@H](CCCCNN=[N+]=[N-])C(=O)N[C@@H](CCCCNS(=O)(=O)c1ccc([N+](=O)[O-])cc1)C(=O)O. The molecule has 5 N–H and O–H groups in total. The molecular weight excluding hydrogens is 512 g/mol. The Labute approximate surface area is 213 Å². The summed E-state index contributed by atoms with van der Waals surface area (Å²) in [5, 5.41) is 28.2. The molecule has 17 heteroatoms. The van der Waals surface area contributed by atoms with Crippen LogP contribution in [0.4, 0.5) is 5.69 Å². The van der Waals surface area contributed by atoms with Crippen LogP contribution in [0.25, 0.3) is 10.4 Å². The number of nitrogens with one attached hydrogen (secondary N) is 4. The lowest BCUT2D eigenvalue weighted by molar-refractivity contribution is -0.384. The second kappa shape index (κ2) is 15.9. The molecule has 0 spiro atoms. The highest BCUT2D eigenvalue weighted by molar-refractivity contribution is 7.89. The van der Waals surface area contributed by atoms with E-state index in [2.05, 4.69) is 30.9 Å². The Morgan fingerprint density at radius 3 is 2.19 bits per heavy atom. The maximum absolute atomic E-state index is 12.6. The third-order valence-corrected chi connectivity index (χ3v) is 6.50. The van der Waals surface area contributed by atoms with Crippen LogP contribution in [0.1, 0.15) is 45.4 Å². The number of carbonyl (C=O) groups is 3. The summed E-state index contributed by atoms with van der Waals surface area (Å²) < 4.78 is 26.9. The van der Waals surface area contributed by atoms with Gasteiger partial charge in [0.2, 0.25) is 21.8 Å². The van der Waals surface area contributed by atoms with Gasteiger partial charge in [0.15, 0.2) is 0 Å². The normalized spacial score (nSPS) is 12.5. The summed E-state index contributed by atoms with van der Waals surface area (Å²) in [6, 6.07) is 2.16. The van der Waals surface area contributed by atoms with Crippen molar-refractivity contribution in [2.24, 2.45) is 5.22 Å². The molecule has 16 nitrogen and oxygen atoms in total. The van der Waals surface area contributed by atoms with Gasteiger partial charge in [-0.25, -0.2) is 17.9 Å². The highest BCUT2D eigenvalue weighted by Crippen LogP contribution is 2.15. The fourth-order valence-corrected chi connectivity index (χ4v) is 4.26. The van der Waals surface area contributed by atoms with Crippen LogP contribution in [0.15, 0.2) is 34.4 Å². The number of hydrogen-bond donors (Lipinski definition) is 5. The number of carboxylic acid groups (broad SMARTS) is 1. The average molecular weight is 543 g/mol. The summed E-state index contributed by atoms with van der Waals surface area (Å²) in [7, 11) is -3.90. The number of carbonyl (C=O) groups excluding carboxylic acids is 2. The number of nitro benzene ring substituents is 1. The van der Waals surface area contributed by atoms with E-state index in [1.54, 1.807) is 0 Å². The van der Waals surface area contributed by atoms with Gasteiger partial charge in [-0.05, 0) is 55.9 Å². The molecule has 0 aliphatic heterocycles. The van der Waals surface area contributed by atoms with Gasteiger partial charge in [-0.1, -0.05) is 0 Å². The van der Waals surface area contributed by atoms with Crippen LogP contribution in [0.5, 0.6) is 0 Å². The Kier molecular flexibility index (Phi) is 13.4. The number of sulfonamides is 1. The number of nitro groups is 1. The van der Waals surface area contributed by atoms with E-state index in [0.29, 0.717) is 19.4 Å². The first-order valence-electron chi connectivity index (χ1n) is 11.3. The average Bonchev–Trinajstić information content (AvgIpc) is 2.84. The summed E-state index contributed by atoms with van der Waals surface area (Å²) in [6.45, 7) is 1.58. The fourth-order valence-electron chi connectivity index (χ4n) is 3.19. The van der Waals surface area contributed by atoms with Gasteiger partial charge in [0.1, 0.15) is 12.1 Å². The molecule has 0 aliphatic carbocycles. The number of aliphatic carboxylic acids is 1. The highest BCUT2D eigenvalue weighted by atomic mass is 32.2. The van der Waals surface area contributed by atoms with E-state index in [-0.39, 0.29) is 42.8 Å². The zero-order valence-corrected chi connectivity index (χ0v) is 20.9. The number of rotatable bonds is 18. The van der Waals surface area contributed by atoms with Gasteiger partial charge in [-0.3, -0.25) is 25.1 Å². The van der Waals surface area contributed by atoms with Gasteiger partial charge in [0.05, 0.1) is 16.4 Å². The molecule has 0 radical (unpaired) electrons. The lowest BCUT2D eigenvalue weighted by atomic mass is 10.1. The summed E-state index contributed by atoms with van der Waals surface area (Å²) in [4.78, 5) is 48.1. The van der Waals surface area contributed by atoms with Gasteiger partial charge in [0.25, 0.3) is 5.69 Å². The quantitative estimate of drug-likeness (QED) is 0.0444. The largest absolute Gasteiger partial charge is 0.480 e. The standard InChI is InChI=1S/C20H30N8O8S/c1-14(29)24-17(6-2-4-12-22-27-26-21)19(30)25-18(20(31)32)7-3-5-13-23-37(35,36)16-10-8-15(9-11-16)28(33)34/h8-11,17-18,22-23H,2-7,12-13H2,1H3,(H,24,29)(H,25,30)(H,31,32)/t17-,18-/m0/s1. The molecule has 0 bridgehead atoms. The molecule has 0 saturated carbocycles. The van der Waals surface area contributed by atoms with E-state index in [0.717, 1.165) is 24.3 Å². The van der Waals surface area contributed by atoms with Crippen molar-refractivity contribution in [3.63, 3.8) is 0 Å². The number of carboxylic acids is 1. The van der Waals surface area contributed by atoms with Crippen LogP contribution in [0.2, 0.25) is 0 Å². The number of amides is 2. The first-order chi connectivity index (χ1) is 17.5. The number of non-ortho nitro benzene ring substituents is 1. The molecule has 2 amide bonds. The number of benzene rings is 1. The Hall–Kier alpha value is -3.95. The van der Waals surface area contributed by atoms with Crippen molar-refractivity contribution >= 4 is 33.5 Å². The monoisotopic (exact) mass is 542 g/mol. The van der Waals surface area contributed by atoms with Crippen molar-refractivity contribution < 1.29 is 32.8 Å². The fraction of sp³-hybridized carbons (Fsp3) is 0.550. The molecule has 204 valence electrons. The van der Waals surface area contributed by atoms with Crippen LogP contribution < -0.4 is 20.8 Å². The Morgan fingerprint density at radius 2 is 1.65 bits per heavy atom. The molecule has 0 heterocycles. The Bertz CT molecular complexity index is 1090. The molecule has 0 unspecified atom stereocenters. The van der Waals surface area contributed by atoms with E-state index in [1.807, 2.05) is 0 Å². The maximum atomic E-state index is 12.6. The zero-order chi connectivity index (χ0) is 27.8. The minimum absolute atomic E-state index is 0.0159. The molecule has 0 aromatic heterocycles. The van der Waals surface area contributed by atoms with Crippen molar-refractivity contribution in [1.29, 1.82) is 0 Å². The summed E-state index contributed by atoms with van der Waals surface area (Å²) >= 11 is 0. The predicted octanol–water partition coefficient (Wildman–Crippen LogP) is 1.10. The smallest absolute Gasteiger partial charge is 0.326 e. The van der Waals surface area contributed by atoms with E-state index in [1.165, 1.54) is 6.92 Å². The van der Waals surface area contributed by atoms with E-state index < -0.39 is 44.8 Å². The molecule has 2 atom stereocenters. The molecular formula is C20H30N8O8S. The van der Waals surface area contributed by atoms with Gasteiger partial charge in [0, 0.05) is 25.6 Å². The zero-order valence-electron chi connectivity index (χ0n) is 20.1. The van der Waals surface area contributed by atoms with Crippen LogP contribution in [0, 0.1) is 10.1 Å². The molecule has 0 aliphatic rings. The Balaban J connectivity index is 2.55. The van der Waals surface area contributed by atoms with Crippen molar-refractivity contribution in [2.45, 2.75) is 62.4 Å². The minimum Gasteiger partial charge on any atom is -0.480 e. The van der Waals surface area contributed by atoms with Crippen LogP contribution in [-0.2, 0) is 24.4 Å². The van der Waals surface area contributed by atoms with Gasteiger partial charge >= 0.3 is 5.97 Å². The lowest BCUT2D eigenvalue weighted by Crippen LogP contribution is -2.51. The topological polar surface area (TPSA) is 246 Å². The van der Waals surface area contributed by atoms with E-state index in [4.69, 9.17) is 5.53 Å². The number of hydrogen-bond acceptors (Lipinski definition) is 8. The lowest BCUT2D eigenvalue weighted by Gasteiger charge is -2.21. The molecule has 0 fully saturated rings. The molecule has 37 heavy (non-hydrogen) atoms. The number of unbranched alkanes of at least 4 members (excludes halogenated alkanes) is 2. The summed E-state index contributed by atoms with van der Waals surface area (Å²) in [6.07, 6.45) is 1.80. The first-order valence-corrected chi connectivity index (χ1v) is 12.8. The molecule has 1 aromatic rings. The van der Waals surface area contributed by atoms with E-state index >= 15 is 0 Å². The third kappa shape index (κ3) is 12.0. The number of azide groups is 1. The minimum atomic E-state index is -3.90. The second-order valence-corrected chi connectivity index (χ2v) is 9.66. The molecule has 1 rings (SSSR count). The second-order valence-electron chi connectivity index (χ2n) is 7.89. The van der Waals surface area contributed by atoms with Gasteiger partial charge < -0.3 is 15.7 Å². The van der Waals surface area contributed by atoms with Crippen LogP contribution >= 0.6 is 0 Å². The van der Waals surface area contributed by atoms with Gasteiger partial charge in [-0.2, -0.15) is 4.91 Å². The predicted molar refractivity (Wildman–Crippen MR) is 130 cm³/mol. The first kappa shape index (κ1) is 31.1. The summed E-state index contributed by atoms with van der Waals surface area (Å²) in [5.74, 6) is -2.40. The maximum Gasteiger partial charge on any atom is 0.326 e. The van der Waals surface area contributed by atoms with Gasteiger partial charge in [-0.15, -0.1) is 5.53 Å². The molecule has 1 aromatic carbocycles. The highest BCUT2D eigenvalue weighted by Gasteiger charge is 2.25. The summed E-state index contributed by atoms with van der Waals surface area (Å²) in [5.41, 5.74) is 10.4. The van der Waals surface area contributed by atoms with Crippen LogP contribution in [-0.4, -0.2) is 61.4 Å². The van der Waals surface area contributed by atoms with Crippen molar-refractivity contribution in [3.05, 3.63) is 44.8 Å². The number of nitrogens with zero attached hydrogens (tertiary/aromatic N) is 4. The van der Waals surface area contributed by atoms with E-state index in [9.17, 15) is 38.0 Å². The van der Waals surface area contributed by atoms with Crippen molar-refractivity contribution in [2.75, 3.05) is 13.1 Å². The molecule has 0 saturated heterocycles.